The van der Waals surface area contributed by atoms with Crippen LogP contribution in [-0.2, 0) is 16.6 Å². The first-order valence-corrected chi connectivity index (χ1v) is 7.93. The third kappa shape index (κ3) is 3.55. The van der Waals surface area contributed by atoms with Crippen LogP contribution >= 0.6 is 15.9 Å². The predicted octanol–water partition coefficient (Wildman–Crippen LogP) is 2.38. The molecule has 3 N–H and O–H groups in total. The first kappa shape index (κ1) is 15.8. The molecule has 0 bridgehead atoms. The van der Waals surface area contributed by atoms with E-state index >= 15 is 0 Å². The van der Waals surface area contributed by atoms with Gasteiger partial charge in [-0.25, -0.2) is 13.8 Å². The number of nitrogens with two attached hydrogens (primary N) is 1. The molecule has 0 fully saturated rings. The Morgan fingerprint density at radius 2 is 1.86 bits per heavy atom. The number of aromatic nitrogens is 1. The average Bonchev–Trinajstić information content (AvgIpc) is 2.43. The molecular formula is C12H10BrF2N3O2S. The van der Waals surface area contributed by atoms with Crippen molar-refractivity contribution in [1.29, 1.82) is 0 Å². The van der Waals surface area contributed by atoms with Crippen LogP contribution < -0.4 is 10.5 Å². The van der Waals surface area contributed by atoms with Crippen molar-refractivity contribution in [2.24, 2.45) is 5.73 Å². The van der Waals surface area contributed by atoms with E-state index in [4.69, 9.17) is 5.73 Å². The van der Waals surface area contributed by atoms with Crippen LogP contribution in [0.15, 0.2) is 40.0 Å². The van der Waals surface area contributed by atoms with Crippen LogP contribution in [0.25, 0.3) is 0 Å². The van der Waals surface area contributed by atoms with Gasteiger partial charge in [-0.15, -0.1) is 0 Å². The number of nitrogens with one attached hydrogen (secondary N) is 1. The van der Waals surface area contributed by atoms with E-state index in [9.17, 15) is 17.2 Å². The standard InChI is InChI=1S/C12H10BrF2N3O2S/c13-8-3-9(14)12(10(15)4-8)18-21(19,20)11-2-1-7(5-16)6-17-11/h1-4,6,18H,5,16H2. The molecule has 1 aromatic heterocycles. The molecule has 9 heteroatoms. The van der Waals surface area contributed by atoms with Gasteiger partial charge in [-0.2, -0.15) is 8.42 Å². The van der Waals surface area contributed by atoms with E-state index in [0.29, 0.717) is 5.56 Å². The van der Waals surface area contributed by atoms with Crippen molar-refractivity contribution < 1.29 is 17.2 Å². The normalized spacial score (nSPS) is 11.4. The Labute approximate surface area is 128 Å². The molecule has 1 aromatic carbocycles. The number of benzene rings is 1. The highest BCUT2D eigenvalue weighted by atomic mass is 79.9. The van der Waals surface area contributed by atoms with Gasteiger partial charge in [0.25, 0.3) is 10.0 Å². The minimum absolute atomic E-state index is 0.158. The summed E-state index contributed by atoms with van der Waals surface area (Å²) < 4.78 is 53.4. The fourth-order valence-corrected chi connectivity index (χ4v) is 2.93. The van der Waals surface area contributed by atoms with Crippen LogP contribution in [0.2, 0.25) is 0 Å². The summed E-state index contributed by atoms with van der Waals surface area (Å²) in [7, 11) is -4.19. The summed E-state index contributed by atoms with van der Waals surface area (Å²) in [5, 5.41) is -0.360. The largest absolute Gasteiger partial charge is 0.326 e. The first-order chi connectivity index (χ1) is 9.83. The Morgan fingerprint density at radius 1 is 1.24 bits per heavy atom. The maximum absolute atomic E-state index is 13.6. The summed E-state index contributed by atoms with van der Waals surface area (Å²) in [6.45, 7) is 0.205. The molecule has 0 aliphatic heterocycles. The number of halogens is 3. The van der Waals surface area contributed by atoms with Crippen molar-refractivity contribution in [2.45, 2.75) is 11.6 Å². The van der Waals surface area contributed by atoms with Crippen LogP contribution in [0.3, 0.4) is 0 Å². The number of hydrogen-bond acceptors (Lipinski definition) is 4. The predicted molar refractivity (Wildman–Crippen MR) is 77.0 cm³/mol. The van der Waals surface area contributed by atoms with Gasteiger partial charge < -0.3 is 5.73 Å². The molecule has 0 aliphatic carbocycles. The Morgan fingerprint density at radius 3 is 2.33 bits per heavy atom. The van der Waals surface area contributed by atoms with Crippen LogP contribution in [-0.4, -0.2) is 13.4 Å². The second-order valence-electron chi connectivity index (χ2n) is 4.06. The van der Waals surface area contributed by atoms with E-state index in [-0.39, 0.29) is 16.0 Å². The Balaban J connectivity index is 2.37. The van der Waals surface area contributed by atoms with Crippen molar-refractivity contribution in [3.8, 4) is 0 Å². The molecule has 0 radical (unpaired) electrons. The molecule has 21 heavy (non-hydrogen) atoms. The fourth-order valence-electron chi connectivity index (χ4n) is 1.52. The monoisotopic (exact) mass is 377 g/mol. The number of sulfonamides is 1. The Kier molecular flexibility index (Phi) is 4.55. The topological polar surface area (TPSA) is 85.1 Å². The van der Waals surface area contributed by atoms with Crippen LogP contribution in [0, 0.1) is 11.6 Å². The van der Waals surface area contributed by atoms with Gasteiger partial charge in [0.1, 0.15) is 5.69 Å². The third-order valence-electron chi connectivity index (χ3n) is 2.55. The number of pyridine rings is 1. The SMILES string of the molecule is NCc1ccc(S(=O)(=O)Nc2c(F)cc(Br)cc2F)nc1. The van der Waals surface area contributed by atoms with E-state index in [2.05, 4.69) is 20.9 Å². The van der Waals surface area contributed by atoms with Gasteiger partial charge in [-0.3, -0.25) is 4.72 Å². The van der Waals surface area contributed by atoms with Crippen molar-refractivity contribution in [2.75, 3.05) is 4.72 Å². The molecule has 0 saturated heterocycles. The molecule has 0 atom stereocenters. The minimum atomic E-state index is -4.19. The molecule has 112 valence electrons. The maximum atomic E-state index is 13.6. The lowest BCUT2D eigenvalue weighted by Crippen LogP contribution is -2.16. The lowest BCUT2D eigenvalue weighted by molar-refractivity contribution is 0.580. The van der Waals surface area contributed by atoms with Crippen molar-refractivity contribution in [1.82, 2.24) is 4.98 Å². The number of hydrogen-bond donors (Lipinski definition) is 2. The zero-order chi connectivity index (χ0) is 15.6. The molecule has 5 nitrogen and oxygen atoms in total. The van der Waals surface area contributed by atoms with Crippen molar-refractivity contribution >= 4 is 31.6 Å². The van der Waals surface area contributed by atoms with E-state index in [1.807, 2.05) is 4.72 Å². The summed E-state index contributed by atoms with van der Waals surface area (Å²) >= 11 is 2.91. The highest BCUT2D eigenvalue weighted by molar-refractivity contribution is 9.10. The maximum Gasteiger partial charge on any atom is 0.279 e. The van der Waals surface area contributed by atoms with Gasteiger partial charge in [0.15, 0.2) is 16.7 Å². The van der Waals surface area contributed by atoms with E-state index in [1.165, 1.54) is 18.3 Å². The highest BCUT2D eigenvalue weighted by Crippen LogP contribution is 2.25. The van der Waals surface area contributed by atoms with Gasteiger partial charge >= 0.3 is 0 Å². The van der Waals surface area contributed by atoms with E-state index in [1.54, 1.807) is 0 Å². The highest BCUT2D eigenvalue weighted by Gasteiger charge is 2.20. The van der Waals surface area contributed by atoms with Crippen LogP contribution in [0.5, 0.6) is 0 Å². The molecule has 2 aromatic rings. The number of rotatable bonds is 4. The van der Waals surface area contributed by atoms with Crippen LogP contribution in [0.1, 0.15) is 5.56 Å². The third-order valence-corrected chi connectivity index (χ3v) is 4.27. The molecular weight excluding hydrogens is 368 g/mol. The molecule has 0 saturated carbocycles. The zero-order valence-electron chi connectivity index (χ0n) is 10.5. The van der Waals surface area contributed by atoms with Gasteiger partial charge in [0.2, 0.25) is 0 Å². The summed E-state index contributed by atoms with van der Waals surface area (Å²) in [5.41, 5.74) is 5.25. The van der Waals surface area contributed by atoms with Gasteiger partial charge in [-0.05, 0) is 23.8 Å². The Bertz CT molecular complexity index is 744. The quantitative estimate of drug-likeness (QED) is 0.856. The van der Waals surface area contributed by atoms with E-state index in [0.717, 1.165) is 12.1 Å². The smallest absolute Gasteiger partial charge is 0.279 e. The molecule has 0 unspecified atom stereocenters. The molecule has 1 heterocycles. The number of anilines is 1. The van der Waals surface area contributed by atoms with Crippen molar-refractivity contribution in [3.05, 3.63) is 52.1 Å². The van der Waals surface area contributed by atoms with Crippen LogP contribution in [0.4, 0.5) is 14.5 Å². The molecule has 0 amide bonds. The second-order valence-corrected chi connectivity index (χ2v) is 6.60. The summed E-state index contributed by atoms with van der Waals surface area (Å²) in [5.74, 6) is -2.08. The molecule has 0 aliphatic rings. The van der Waals surface area contributed by atoms with E-state index < -0.39 is 27.3 Å². The summed E-state index contributed by atoms with van der Waals surface area (Å²) in [6, 6.07) is 4.58. The minimum Gasteiger partial charge on any atom is -0.326 e. The lowest BCUT2D eigenvalue weighted by Gasteiger charge is -2.10. The summed E-state index contributed by atoms with van der Waals surface area (Å²) in [4.78, 5) is 3.71. The number of nitrogens with zero attached hydrogens (tertiary/aromatic N) is 1. The lowest BCUT2D eigenvalue weighted by atomic mass is 10.3. The Hall–Kier alpha value is -1.58. The molecule has 2 rings (SSSR count). The molecule has 0 spiro atoms. The average molecular weight is 378 g/mol. The zero-order valence-corrected chi connectivity index (χ0v) is 12.9. The van der Waals surface area contributed by atoms with Gasteiger partial charge in [0.05, 0.1) is 0 Å². The second kappa shape index (κ2) is 6.04. The van der Waals surface area contributed by atoms with Crippen molar-refractivity contribution in [3.63, 3.8) is 0 Å². The summed E-state index contributed by atoms with van der Waals surface area (Å²) in [6.07, 6.45) is 1.28. The fraction of sp³-hybridized carbons (Fsp3) is 0.0833. The van der Waals surface area contributed by atoms with Gasteiger partial charge in [-0.1, -0.05) is 22.0 Å². The van der Waals surface area contributed by atoms with Gasteiger partial charge in [0, 0.05) is 17.2 Å². The first-order valence-electron chi connectivity index (χ1n) is 5.66.